The van der Waals surface area contributed by atoms with E-state index in [1.165, 1.54) is 64.6 Å². The Morgan fingerprint density at radius 1 is 1.25 bits per heavy atom. The summed E-state index contributed by atoms with van der Waals surface area (Å²) in [5.74, 6) is 0.979. The van der Waals surface area contributed by atoms with Gasteiger partial charge in [0.1, 0.15) is 0 Å². The fourth-order valence-corrected chi connectivity index (χ4v) is 3.28. The molecule has 2 atom stereocenters. The Morgan fingerprint density at radius 2 is 2.05 bits per heavy atom. The summed E-state index contributed by atoms with van der Waals surface area (Å²) in [7, 11) is 1.94. The first-order chi connectivity index (χ1) is 9.63. The number of hydrogen-bond acceptors (Lipinski definition) is 3. The van der Waals surface area contributed by atoms with Crippen molar-refractivity contribution in [3.05, 3.63) is 0 Å². The maximum absolute atomic E-state index is 9.38. The Morgan fingerprint density at radius 3 is 2.70 bits per heavy atom. The highest BCUT2D eigenvalue weighted by molar-refractivity contribution is 4.80. The molecule has 20 heavy (non-hydrogen) atoms. The van der Waals surface area contributed by atoms with Crippen molar-refractivity contribution in [2.75, 3.05) is 33.3 Å². The van der Waals surface area contributed by atoms with Gasteiger partial charge in [0.15, 0.2) is 0 Å². The van der Waals surface area contributed by atoms with Crippen LogP contribution >= 0.6 is 0 Å². The molecule has 0 spiro atoms. The predicted molar refractivity (Wildman–Crippen MR) is 87.1 cm³/mol. The van der Waals surface area contributed by atoms with Gasteiger partial charge in [-0.1, -0.05) is 26.2 Å². The maximum Gasteiger partial charge on any atom is 0.0610 e. The molecule has 2 unspecified atom stereocenters. The molecule has 1 aliphatic heterocycles. The van der Waals surface area contributed by atoms with Crippen molar-refractivity contribution in [3.8, 4) is 0 Å². The van der Waals surface area contributed by atoms with Crippen LogP contribution in [0.5, 0.6) is 0 Å². The van der Waals surface area contributed by atoms with E-state index in [1.807, 2.05) is 7.05 Å². The van der Waals surface area contributed by atoms with Gasteiger partial charge in [-0.2, -0.15) is 0 Å². The van der Waals surface area contributed by atoms with E-state index >= 15 is 0 Å². The molecule has 2 N–H and O–H groups in total. The van der Waals surface area contributed by atoms with Crippen molar-refractivity contribution in [2.24, 2.45) is 5.92 Å². The molecule has 1 aliphatic rings. The topological polar surface area (TPSA) is 35.5 Å². The molecule has 1 rings (SSSR count). The van der Waals surface area contributed by atoms with Crippen molar-refractivity contribution in [2.45, 2.75) is 70.8 Å². The summed E-state index contributed by atoms with van der Waals surface area (Å²) in [5.41, 5.74) is -0.0923. The highest BCUT2D eigenvalue weighted by Crippen LogP contribution is 2.22. The lowest BCUT2D eigenvalue weighted by Crippen LogP contribution is -2.43. The Balaban J connectivity index is 2.16. The molecule has 120 valence electrons. The lowest BCUT2D eigenvalue weighted by molar-refractivity contribution is 0.168. The summed E-state index contributed by atoms with van der Waals surface area (Å²) in [5, 5.41) is 12.6. The van der Waals surface area contributed by atoms with Gasteiger partial charge >= 0.3 is 0 Å². The van der Waals surface area contributed by atoms with Gasteiger partial charge in [-0.15, -0.1) is 0 Å². The Labute approximate surface area is 126 Å². The summed E-state index contributed by atoms with van der Waals surface area (Å²) in [6.45, 7) is 8.48. The molecule has 3 heteroatoms. The third kappa shape index (κ3) is 6.55. The van der Waals surface area contributed by atoms with Crippen LogP contribution in [0.3, 0.4) is 0 Å². The highest BCUT2D eigenvalue weighted by Gasteiger charge is 2.20. The molecule has 0 aromatic rings. The van der Waals surface area contributed by atoms with Gasteiger partial charge in [-0.25, -0.2) is 0 Å². The molecule has 1 heterocycles. The quantitative estimate of drug-likeness (QED) is 0.639. The minimum Gasteiger partial charge on any atom is -0.394 e. The number of aliphatic hydroxyl groups is 1. The number of likely N-dealkylation sites (tertiary alicyclic amines) is 1. The molecule has 1 fully saturated rings. The summed E-state index contributed by atoms with van der Waals surface area (Å²) in [6, 6.07) is 0. The van der Waals surface area contributed by atoms with E-state index in [0.717, 1.165) is 12.3 Å². The van der Waals surface area contributed by atoms with Gasteiger partial charge < -0.3 is 15.3 Å². The van der Waals surface area contributed by atoms with E-state index in [0.29, 0.717) is 0 Å². The lowest BCUT2D eigenvalue weighted by atomic mass is 9.96. The highest BCUT2D eigenvalue weighted by atomic mass is 16.3. The van der Waals surface area contributed by atoms with Gasteiger partial charge in [0, 0.05) is 5.54 Å². The lowest BCUT2D eigenvalue weighted by Gasteiger charge is -2.27. The molecule has 1 saturated heterocycles. The largest absolute Gasteiger partial charge is 0.394 e. The minimum atomic E-state index is -0.0923. The average molecular weight is 284 g/mol. The van der Waals surface area contributed by atoms with Crippen LogP contribution in [0.4, 0.5) is 0 Å². The third-order valence-electron chi connectivity index (χ3n) is 5.04. The Hall–Kier alpha value is -0.120. The van der Waals surface area contributed by atoms with E-state index in [1.54, 1.807) is 0 Å². The van der Waals surface area contributed by atoms with Crippen LogP contribution in [0.15, 0.2) is 0 Å². The van der Waals surface area contributed by atoms with Crippen LogP contribution < -0.4 is 5.32 Å². The summed E-state index contributed by atoms with van der Waals surface area (Å²) < 4.78 is 0. The van der Waals surface area contributed by atoms with E-state index in [2.05, 4.69) is 24.1 Å². The SMILES string of the molecule is CCCC1CCCN(CCCCC(C)(CO)NC)CC1. The minimum absolute atomic E-state index is 0.0923. The predicted octanol–water partition coefficient (Wildman–Crippen LogP) is 3.03. The molecule has 3 nitrogen and oxygen atoms in total. The Kier molecular flexibility index (Phi) is 8.74. The summed E-state index contributed by atoms with van der Waals surface area (Å²) >= 11 is 0. The van der Waals surface area contributed by atoms with Gasteiger partial charge in [-0.3, -0.25) is 0 Å². The van der Waals surface area contributed by atoms with Crippen molar-refractivity contribution in [1.29, 1.82) is 0 Å². The van der Waals surface area contributed by atoms with Crippen LogP contribution in [0, 0.1) is 5.92 Å². The fourth-order valence-electron chi connectivity index (χ4n) is 3.28. The summed E-state index contributed by atoms with van der Waals surface area (Å²) in [6.07, 6.45) is 10.5. The van der Waals surface area contributed by atoms with E-state index in [4.69, 9.17) is 0 Å². The van der Waals surface area contributed by atoms with E-state index in [9.17, 15) is 5.11 Å². The third-order valence-corrected chi connectivity index (χ3v) is 5.04. The van der Waals surface area contributed by atoms with Crippen molar-refractivity contribution in [1.82, 2.24) is 10.2 Å². The van der Waals surface area contributed by atoms with Crippen LogP contribution in [-0.4, -0.2) is 48.8 Å². The van der Waals surface area contributed by atoms with Crippen molar-refractivity contribution >= 4 is 0 Å². The number of nitrogens with one attached hydrogen (secondary N) is 1. The maximum atomic E-state index is 9.38. The zero-order chi connectivity index (χ0) is 14.8. The number of rotatable bonds is 9. The first kappa shape index (κ1) is 17.9. The molecule has 0 aromatic carbocycles. The smallest absolute Gasteiger partial charge is 0.0610 e. The fraction of sp³-hybridized carbons (Fsp3) is 1.00. The molecule has 0 aromatic heterocycles. The molecule has 0 amide bonds. The van der Waals surface area contributed by atoms with Gasteiger partial charge in [-0.05, 0) is 71.6 Å². The molecular formula is C17H36N2O. The molecule has 0 bridgehead atoms. The zero-order valence-corrected chi connectivity index (χ0v) is 14.0. The summed E-state index contributed by atoms with van der Waals surface area (Å²) in [4.78, 5) is 2.66. The van der Waals surface area contributed by atoms with Gasteiger partial charge in [0.05, 0.1) is 6.61 Å². The standard InChI is InChI=1S/C17H36N2O/c1-4-8-16-9-7-13-19(14-10-16)12-6-5-11-17(2,15-20)18-3/h16,18,20H,4-15H2,1-3H3. The average Bonchev–Trinajstić information content (AvgIpc) is 2.69. The van der Waals surface area contributed by atoms with Crippen LogP contribution in [0.2, 0.25) is 0 Å². The normalized spacial score (nSPS) is 24.3. The number of hydrogen-bond donors (Lipinski definition) is 2. The second kappa shape index (κ2) is 9.75. The Bertz CT molecular complexity index is 241. The van der Waals surface area contributed by atoms with Crippen LogP contribution in [0.1, 0.15) is 65.2 Å². The van der Waals surface area contributed by atoms with E-state index in [-0.39, 0.29) is 12.1 Å². The molecule has 0 radical (unpaired) electrons. The number of nitrogens with zero attached hydrogens (tertiary/aromatic N) is 1. The second-order valence-corrected chi connectivity index (χ2v) is 6.85. The molecule has 0 aliphatic carbocycles. The first-order valence-electron chi connectivity index (χ1n) is 8.65. The molecular weight excluding hydrogens is 248 g/mol. The van der Waals surface area contributed by atoms with Crippen LogP contribution in [-0.2, 0) is 0 Å². The van der Waals surface area contributed by atoms with E-state index < -0.39 is 0 Å². The second-order valence-electron chi connectivity index (χ2n) is 6.85. The van der Waals surface area contributed by atoms with Crippen molar-refractivity contribution < 1.29 is 5.11 Å². The van der Waals surface area contributed by atoms with Gasteiger partial charge in [0.25, 0.3) is 0 Å². The zero-order valence-electron chi connectivity index (χ0n) is 14.0. The number of aliphatic hydroxyl groups excluding tert-OH is 1. The number of likely N-dealkylation sites (N-methyl/N-ethyl adjacent to an activating group) is 1. The number of unbranched alkanes of at least 4 members (excludes halogenated alkanes) is 1. The monoisotopic (exact) mass is 284 g/mol. The van der Waals surface area contributed by atoms with Crippen molar-refractivity contribution in [3.63, 3.8) is 0 Å². The first-order valence-corrected chi connectivity index (χ1v) is 8.65. The van der Waals surface area contributed by atoms with Gasteiger partial charge in [0.2, 0.25) is 0 Å². The van der Waals surface area contributed by atoms with Crippen LogP contribution in [0.25, 0.3) is 0 Å². The molecule has 0 saturated carbocycles.